The molecule has 0 saturated heterocycles. The molecular weight excluding hydrogens is 234 g/mol. The van der Waals surface area contributed by atoms with E-state index in [0.717, 1.165) is 31.8 Å². The number of hydrogen-bond donors (Lipinski definition) is 0. The van der Waals surface area contributed by atoms with Gasteiger partial charge in [0.05, 0.1) is 0 Å². The Morgan fingerprint density at radius 1 is 1.47 bits per heavy atom. The summed E-state index contributed by atoms with van der Waals surface area (Å²) in [6, 6.07) is 2.33. The Kier molecular flexibility index (Phi) is 4.25. The molecule has 19 heavy (non-hydrogen) atoms. The Labute approximate surface area is 116 Å². The minimum absolute atomic E-state index is 0.546. The normalized spacial score (nSPS) is 15.4. The molecule has 0 saturated carbocycles. The van der Waals surface area contributed by atoms with Gasteiger partial charge in [0.25, 0.3) is 0 Å². The predicted octanol–water partition coefficient (Wildman–Crippen LogP) is 2.64. The fourth-order valence-corrected chi connectivity index (χ4v) is 2.35. The van der Waals surface area contributed by atoms with E-state index in [0.29, 0.717) is 5.92 Å². The first-order chi connectivity index (χ1) is 8.97. The minimum atomic E-state index is 0.546. The minimum Gasteiger partial charge on any atom is -0.380 e. The van der Waals surface area contributed by atoms with Gasteiger partial charge in [-0.25, -0.2) is 0 Å². The number of likely N-dealkylation sites (N-methyl/N-ethyl adjacent to an activating group) is 1. The number of rotatable bonds is 4. The average Bonchev–Trinajstić information content (AvgIpc) is 2.37. The molecule has 0 spiro atoms. The van der Waals surface area contributed by atoms with E-state index in [1.54, 1.807) is 0 Å². The van der Waals surface area contributed by atoms with Gasteiger partial charge in [-0.2, -0.15) is 0 Å². The average molecular weight is 259 g/mol. The second-order valence-electron chi connectivity index (χ2n) is 5.95. The highest BCUT2D eigenvalue weighted by Gasteiger charge is 2.18. The first-order valence-electron chi connectivity index (χ1n) is 7.02. The summed E-state index contributed by atoms with van der Waals surface area (Å²) in [4.78, 5) is 9.18. The van der Waals surface area contributed by atoms with Gasteiger partial charge in [0, 0.05) is 57.7 Å². The van der Waals surface area contributed by atoms with Crippen molar-refractivity contribution in [2.24, 2.45) is 0 Å². The molecule has 0 fully saturated rings. The standard InChI is InChI=1S/C16H25N3/c1-12(2)14-8-15-11-19(10-13(3)18(4)5)7-6-16(15)17-9-14/h8-9,12H,3,6-7,10-11H2,1-2,4-5H3. The van der Waals surface area contributed by atoms with Gasteiger partial charge in [-0.3, -0.25) is 9.88 Å². The molecule has 3 heteroatoms. The molecule has 2 rings (SSSR count). The van der Waals surface area contributed by atoms with Crippen LogP contribution in [-0.4, -0.2) is 42.0 Å². The van der Waals surface area contributed by atoms with Crippen molar-refractivity contribution in [3.8, 4) is 0 Å². The Morgan fingerprint density at radius 3 is 2.84 bits per heavy atom. The quantitative estimate of drug-likeness (QED) is 0.828. The van der Waals surface area contributed by atoms with E-state index in [1.165, 1.54) is 16.8 Å². The number of fused-ring (bicyclic) bond motifs is 1. The van der Waals surface area contributed by atoms with Crippen molar-refractivity contribution in [2.75, 3.05) is 27.2 Å². The third-order valence-electron chi connectivity index (χ3n) is 3.85. The summed E-state index contributed by atoms with van der Waals surface area (Å²) >= 11 is 0. The summed E-state index contributed by atoms with van der Waals surface area (Å²) in [5.74, 6) is 0.546. The molecule has 2 heterocycles. The monoisotopic (exact) mass is 259 g/mol. The Bertz CT molecular complexity index is 463. The van der Waals surface area contributed by atoms with Gasteiger partial charge in [-0.1, -0.05) is 26.5 Å². The SMILES string of the molecule is C=C(CN1CCc2ncc(C(C)C)cc2C1)N(C)C. The van der Waals surface area contributed by atoms with Gasteiger partial charge in [-0.05, 0) is 17.0 Å². The predicted molar refractivity (Wildman–Crippen MR) is 80.1 cm³/mol. The molecule has 0 aromatic carbocycles. The lowest BCUT2D eigenvalue weighted by molar-refractivity contribution is 0.253. The number of hydrogen-bond acceptors (Lipinski definition) is 3. The van der Waals surface area contributed by atoms with E-state index in [1.807, 2.05) is 6.20 Å². The van der Waals surface area contributed by atoms with Crippen LogP contribution in [0.4, 0.5) is 0 Å². The van der Waals surface area contributed by atoms with E-state index in [4.69, 9.17) is 0 Å². The van der Waals surface area contributed by atoms with E-state index >= 15 is 0 Å². The maximum atomic E-state index is 4.63. The van der Waals surface area contributed by atoms with Gasteiger partial charge in [0.15, 0.2) is 0 Å². The van der Waals surface area contributed by atoms with Gasteiger partial charge < -0.3 is 4.90 Å². The van der Waals surface area contributed by atoms with Crippen molar-refractivity contribution < 1.29 is 0 Å². The van der Waals surface area contributed by atoms with Crippen molar-refractivity contribution in [2.45, 2.75) is 32.7 Å². The fraction of sp³-hybridized carbons (Fsp3) is 0.562. The molecule has 104 valence electrons. The molecule has 0 bridgehead atoms. The van der Waals surface area contributed by atoms with E-state index in [9.17, 15) is 0 Å². The maximum Gasteiger partial charge on any atom is 0.0461 e. The first-order valence-corrected chi connectivity index (χ1v) is 7.02. The van der Waals surface area contributed by atoms with Gasteiger partial charge in [0.2, 0.25) is 0 Å². The maximum absolute atomic E-state index is 4.63. The van der Waals surface area contributed by atoms with Gasteiger partial charge in [-0.15, -0.1) is 0 Å². The van der Waals surface area contributed by atoms with Crippen LogP contribution < -0.4 is 0 Å². The van der Waals surface area contributed by atoms with Crippen LogP contribution in [0.25, 0.3) is 0 Å². The highest BCUT2D eigenvalue weighted by molar-refractivity contribution is 5.29. The Morgan fingerprint density at radius 2 is 2.21 bits per heavy atom. The molecule has 1 aliphatic rings. The zero-order valence-corrected chi connectivity index (χ0v) is 12.6. The van der Waals surface area contributed by atoms with Crippen molar-refractivity contribution in [3.05, 3.63) is 41.4 Å². The summed E-state index contributed by atoms with van der Waals surface area (Å²) < 4.78 is 0. The van der Waals surface area contributed by atoms with Crippen LogP contribution in [0.2, 0.25) is 0 Å². The van der Waals surface area contributed by atoms with Crippen LogP contribution in [-0.2, 0) is 13.0 Å². The zero-order valence-electron chi connectivity index (χ0n) is 12.6. The largest absolute Gasteiger partial charge is 0.380 e. The molecule has 3 nitrogen and oxygen atoms in total. The van der Waals surface area contributed by atoms with Crippen LogP contribution in [0.15, 0.2) is 24.5 Å². The molecule has 0 atom stereocenters. The van der Waals surface area contributed by atoms with Crippen LogP contribution in [0.1, 0.15) is 36.6 Å². The summed E-state index contributed by atoms with van der Waals surface area (Å²) in [6.45, 7) is 11.6. The third-order valence-corrected chi connectivity index (χ3v) is 3.85. The molecule has 0 radical (unpaired) electrons. The molecule has 0 unspecified atom stereocenters. The Hall–Kier alpha value is -1.35. The van der Waals surface area contributed by atoms with E-state index in [2.05, 4.69) is 55.4 Å². The topological polar surface area (TPSA) is 19.4 Å². The number of nitrogens with zero attached hydrogens (tertiary/aromatic N) is 3. The highest BCUT2D eigenvalue weighted by atomic mass is 15.2. The molecule has 0 amide bonds. The second kappa shape index (κ2) is 5.74. The van der Waals surface area contributed by atoms with E-state index < -0.39 is 0 Å². The molecular formula is C16H25N3. The summed E-state index contributed by atoms with van der Waals surface area (Å²) in [7, 11) is 4.11. The molecule has 0 aliphatic carbocycles. The third kappa shape index (κ3) is 3.35. The van der Waals surface area contributed by atoms with Crippen molar-refractivity contribution in [1.82, 2.24) is 14.8 Å². The second-order valence-corrected chi connectivity index (χ2v) is 5.95. The van der Waals surface area contributed by atoms with Gasteiger partial charge >= 0.3 is 0 Å². The fourth-order valence-electron chi connectivity index (χ4n) is 2.35. The Balaban J connectivity index is 2.09. The molecule has 1 aromatic rings. The summed E-state index contributed by atoms with van der Waals surface area (Å²) in [5, 5.41) is 0. The first kappa shape index (κ1) is 14.1. The zero-order chi connectivity index (χ0) is 14.0. The van der Waals surface area contributed by atoms with Crippen LogP contribution in [0.5, 0.6) is 0 Å². The number of pyridine rings is 1. The van der Waals surface area contributed by atoms with Crippen molar-refractivity contribution in [1.29, 1.82) is 0 Å². The van der Waals surface area contributed by atoms with E-state index in [-0.39, 0.29) is 0 Å². The lowest BCUT2D eigenvalue weighted by atomic mass is 9.99. The van der Waals surface area contributed by atoms with Crippen LogP contribution >= 0.6 is 0 Å². The molecule has 1 aromatic heterocycles. The van der Waals surface area contributed by atoms with Crippen LogP contribution in [0, 0.1) is 0 Å². The smallest absolute Gasteiger partial charge is 0.0461 e. The number of aromatic nitrogens is 1. The van der Waals surface area contributed by atoms with Crippen molar-refractivity contribution in [3.63, 3.8) is 0 Å². The van der Waals surface area contributed by atoms with Crippen molar-refractivity contribution >= 4 is 0 Å². The summed E-state index contributed by atoms with van der Waals surface area (Å²) in [5.41, 5.74) is 5.17. The molecule has 1 aliphatic heterocycles. The highest BCUT2D eigenvalue weighted by Crippen LogP contribution is 2.22. The van der Waals surface area contributed by atoms with Crippen LogP contribution in [0.3, 0.4) is 0 Å². The summed E-state index contributed by atoms with van der Waals surface area (Å²) in [6.07, 6.45) is 3.09. The lowest BCUT2D eigenvalue weighted by Gasteiger charge is -2.30. The molecule has 0 N–H and O–H groups in total. The van der Waals surface area contributed by atoms with Gasteiger partial charge in [0.1, 0.15) is 0 Å². The lowest BCUT2D eigenvalue weighted by Crippen LogP contribution is -2.35.